The van der Waals surface area contributed by atoms with Gasteiger partial charge in [0.05, 0.1) is 17.9 Å². The lowest BCUT2D eigenvalue weighted by molar-refractivity contribution is -0.117. The van der Waals surface area contributed by atoms with Gasteiger partial charge in [0.2, 0.25) is 5.91 Å². The van der Waals surface area contributed by atoms with Crippen LogP contribution in [0.1, 0.15) is 13.8 Å². The maximum Gasteiger partial charge on any atom is 0.246 e. The molecule has 0 saturated heterocycles. The number of fused-ring (bicyclic) bond motifs is 1. The van der Waals surface area contributed by atoms with E-state index in [9.17, 15) is 9.90 Å². The second kappa shape index (κ2) is 4.04. The minimum atomic E-state index is 0.0480. The van der Waals surface area contributed by atoms with Gasteiger partial charge in [-0.2, -0.15) is 0 Å². The van der Waals surface area contributed by atoms with E-state index < -0.39 is 0 Å². The molecule has 0 aromatic heterocycles. The van der Waals surface area contributed by atoms with E-state index in [1.165, 1.54) is 0 Å². The summed E-state index contributed by atoms with van der Waals surface area (Å²) < 4.78 is 0. The van der Waals surface area contributed by atoms with Crippen molar-refractivity contribution in [3.05, 3.63) is 18.2 Å². The molecule has 2 N–H and O–H groups in total. The van der Waals surface area contributed by atoms with Crippen LogP contribution >= 0.6 is 0 Å². The summed E-state index contributed by atoms with van der Waals surface area (Å²) in [7, 11) is 0. The molecule has 86 valence electrons. The number of aromatic hydroxyl groups is 1. The number of phenolic OH excluding ortho intramolecular Hbond substituents is 1. The zero-order chi connectivity index (χ0) is 11.7. The number of rotatable bonds is 2. The lowest BCUT2D eigenvalue weighted by atomic mass is 10.1. The first-order valence-electron chi connectivity index (χ1n) is 5.45. The third-order valence-electron chi connectivity index (χ3n) is 2.55. The highest BCUT2D eigenvalue weighted by molar-refractivity contribution is 6.02. The van der Waals surface area contributed by atoms with Gasteiger partial charge in [0.15, 0.2) is 0 Å². The Morgan fingerprint density at radius 2 is 2.25 bits per heavy atom. The van der Waals surface area contributed by atoms with Gasteiger partial charge in [0.1, 0.15) is 5.75 Å². The molecule has 0 bridgehead atoms. The molecule has 4 nitrogen and oxygen atoms in total. The highest BCUT2D eigenvalue weighted by Gasteiger charge is 2.24. The van der Waals surface area contributed by atoms with E-state index in [0.29, 0.717) is 19.0 Å². The molecular weight excluding hydrogens is 204 g/mol. The molecule has 0 atom stereocenters. The van der Waals surface area contributed by atoms with Crippen molar-refractivity contribution in [1.29, 1.82) is 0 Å². The number of carbonyl (C=O) groups excluding carboxylic acids is 1. The van der Waals surface area contributed by atoms with Crippen molar-refractivity contribution in [2.24, 2.45) is 5.92 Å². The average Bonchev–Trinajstić information content (AvgIpc) is 2.22. The van der Waals surface area contributed by atoms with Gasteiger partial charge >= 0.3 is 0 Å². The summed E-state index contributed by atoms with van der Waals surface area (Å²) in [6.07, 6.45) is 0. The van der Waals surface area contributed by atoms with E-state index in [4.69, 9.17) is 0 Å². The maximum atomic E-state index is 11.8. The van der Waals surface area contributed by atoms with Crippen LogP contribution in [0.4, 0.5) is 11.4 Å². The van der Waals surface area contributed by atoms with E-state index in [1.807, 2.05) is 0 Å². The Morgan fingerprint density at radius 3 is 2.94 bits per heavy atom. The molecule has 2 rings (SSSR count). The SMILES string of the molecule is CC(C)CN1C(=O)CNc2ccc(O)cc21. The molecule has 4 heteroatoms. The standard InChI is InChI=1S/C12H16N2O2/c1-8(2)7-14-11-5-9(15)3-4-10(11)13-6-12(14)16/h3-5,8,13,15H,6-7H2,1-2H3. The number of amides is 1. The number of phenols is 1. The van der Waals surface area contributed by atoms with E-state index >= 15 is 0 Å². The number of carbonyl (C=O) groups is 1. The van der Waals surface area contributed by atoms with Crippen molar-refractivity contribution >= 4 is 17.3 Å². The van der Waals surface area contributed by atoms with Gasteiger partial charge in [0.25, 0.3) is 0 Å². The smallest absolute Gasteiger partial charge is 0.246 e. The van der Waals surface area contributed by atoms with Crippen LogP contribution in [0, 0.1) is 5.92 Å². The van der Waals surface area contributed by atoms with Gasteiger partial charge in [-0.25, -0.2) is 0 Å². The molecule has 0 unspecified atom stereocenters. The van der Waals surface area contributed by atoms with Crippen LogP contribution < -0.4 is 10.2 Å². The minimum absolute atomic E-state index is 0.0480. The predicted octanol–water partition coefficient (Wildman–Crippen LogP) is 1.81. The van der Waals surface area contributed by atoms with Crippen molar-refractivity contribution < 1.29 is 9.90 Å². The predicted molar refractivity (Wildman–Crippen MR) is 63.8 cm³/mol. The summed E-state index contributed by atoms with van der Waals surface area (Å²) in [6.45, 7) is 5.14. The molecule has 1 aromatic carbocycles. The second-order valence-corrected chi connectivity index (χ2v) is 4.45. The van der Waals surface area contributed by atoms with Gasteiger partial charge in [-0.1, -0.05) is 13.8 Å². The Kier molecular flexibility index (Phi) is 2.73. The van der Waals surface area contributed by atoms with Gasteiger partial charge < -0.3 is 15.3 Å². The van der Waals surface area contributed by atoms with Crippen molar-refractivity contribution in [1.82, 2.24) is 0 Å². The first-order valence-corrected chi connectivity index (χ1v) is 5.45. The first-order chi connectivity index (χ1) is 7.58. The molecule has 1 aliphatic heterocycles. The Bertz CT molecular complexity index is 415. The largest absolute Gasteiger partial charge is 0.508 e. The van der Waals surface area contributed by atoms with Crippen molar-refractivity contribution in [3.8, 4) is 5.75 Å². The molecule has 1 amide bonds. The number of nitrogens with one attached hydrogen (secondary N) is 1. The Labute approximate surface area is 94.9 Å². The van der Waals surface area contributed by atoms with Crippen LogP contribution in [0.15, 0.2) is 18.2 Å². The molecule has 16 heavy (non-hydrogen) atoms. The summed E-state index contributed by atoms with van der Waals surface area (Å²) in [4.78, 5) is 13.5. The summed E-state index contributed by atoms with van der Waals surface area (Å²) in [5.41, 5.74) is 1.67. The fraction of sp³-hybridized carbons (Fsp3) is 0.417. The van der Waals surface area contributed by atoms with Crippen molar-refractivity contribution in [3.63, 3.8) is 0 Å². The lowest BCUT2D eigenvalue weighted by Gasteiger charge is -2.31. The van der Waals surface area contributed by atoms with E-state index in [-0.39, 0.29) is 11.7 Å². The number of hydrogen-bond donors (Lipinski definition) is 2. The maximum absolute atomic E-state index is 11.8. The monoisotopic (exact) mass is 220 g/mol. The quantitative estimate of drug-likeness (QED) is 0.747. The van der Waals surface area contributed by atoms with Gasteiger partial charge in [0, 0.05) is 12.6 Å². The first kappa shape index (κ1) is 10.8. The fourth-order valence-electron chi connectivity index (χ4n) is 1.86. The third kappa shape index (κ3) is 1.96. The summed E-state index contributed by atoms with van der Waals surface area (Å²) in [6, 6.07) is 5.04. The second-order valence-electron chi connectivity index (χ2n) is 4.45. The molecule has 0 aliphatic carbocycles. The van der Waals surface area contributed by atoms with E-state index in [0.717, 1.165) is 11.4 Å². The van der Waals surface area contributed by atoms with Crippen LogP contribution in [0.25, 0.3) is 0 Å². The van der Waals surface area contributed by atoms with Gasteiger partial charge in [-0.15, -0.1) is 0 Å². The molecule has 0 saturated carbocycles. The number of anilines is 2. The van der Waals surface area contributed by atoms with Crippen molar-refractivity contribution in [2.75, 3.05) is 23.3 Å². The normalized spacial score (nSPS) is 14.9. The van der Waals surface area contributed by atoms with Gasteiger partial charge in [-0.3, -0.25) is 4.79 Å². The molecule has 1 aromatic rings. The molecule has 1 aliphatic rings. The van der Waals surface area contributed by atoms with Crippen LogP contribution in [0.5, 0.6) is 5.75 Å². The fourth-order valence-corrected chi connectivity index (χ4v) is 1.86. The minimum Gasteiger partial charge on any atom is -0.508 e. The average molecular weight is 220 g/mol. The van der Waals surface area contributed by atoms with Crippen LogP contribution in [0.3, 0.4) is 0 Å². The molecule has 0 fully saturated rings. The summed E-state index contributed by atoms with van der Waals surface area (Å²) in [5.74, 6) is 0.632. The zero-order valence-corrected chi connectivity index (χ0v) is 9.53. The molecule has 1 heterocycles. The summed E-state index contributed by atoms with van der Waals surface area (Å²) >= 11 is 0. The third-order valence-corrected chi connectivity index (χ3v) is 2.55. The van der Waals surface area contributed by atoms with E-state index in [2.05, 4.69) is 19.2 Å². The zero-order valence-electron chi connectivity index (χ0n) is 9.53. The number of benzene rings is 1. The van der Waals surface area contributed by atoms with E-state index in [1.54, 1.807) is 23.1 Å². The Morgan fingerprint density at radius 1 is 1.50 bits per heavy atom. The van der Waals surface area contributed by atoms with Gasteiger partial charge in [-0.05, 0) is 18.1 Å². The highest BCUT2D eigenvalue weighted by atomic mass is 16.3. The lowest BCUT2D eigenvalue weighted by Crippen LogP contribution is -2.41. The Hall–Kier alpha value is -1.71. The van der Waals surface area contributed by atoms with Crippen LogP contribution in [-0.2, 0) is 4.79 Å². The highest BCUT2D eigenvalue weighted by Crippen LogP contribution is 2.33. The van der Waals surface area contributed by atoms with Crippen molar-refractivity contribution in [2.45, 2.75) is 13.8 Å². The molecule has 0 radical (unpaired) electrons. The van der Waals surface area contributed by atoms with Crippen LogP contribution in [0.2, 0.25) is 0 Å². The number of nitrogens with zero attached hydrogens (tertiary/aromatic N) is 1. The topological polar surface area (TPSA) is 52.6 Å². The Balaban J connectivity index is 2.38. The molecule has 0 spiro atoms. The van der Waals surface area contributed by atoms with Crippen LogP contribution in [-0.4, -0.2) is 24.1 Å². The number of hydrogen-bond acceptors (Lipinski definition) is 3. The molecular formula is C12H16N2O2. The summed E-state index contributed by atoms with van der Waals surface area (Å²) in [5, 5.41) is 12.5.